The predicted octanol–water partition coefficient (Wildman–Crippen LogP) is 2.24. The van der Waals surface area contributed by atoms with Gasteiger partial charge in [0.15, 0.2) is 4.67 Å². The van der Waals surface area contributed by atoms with Crippen LogP contribution >= 0.6 is 15.9 Å². The van der Waals surface area contributed by atoms with Gasteiger partial charge in [-0.3, -0.25) is 0 Å². The van der Waals surface area contributed by atoms with Gasteiger partial charge in [-0.2, -0.15) is 0 Å². The lowest BCUT2D eigenvalue weighted by molar-refractivity contribution is 0.0661. The average Bonchev–Trinajstić information content (AvgIpc) is 2.97. The lowest BCUT2D eigenvalue weighted by Crippen LogP contribution is -2.34. The van der Waals surface area contributed by atoms with Gasteiger partial charge >= 0.3 is 5.97 Å². The number of sulfonamides is 1. The summed E-state index contributed by atoms with van der Waals surface area (Å²) < 4.78 is 36.7. The second-order valence-electron chi connectivity index (χ2n) is 4.36. The molecule has 0 fully saturated rings. The molecule has 2 rings (SSSR count). The molecule has 21 heavy (non-hydrogen) atoms. The quantitative estimate of drug-likeness (QED) is 0.798. The van der Waals surface area contributed by atoms with E-state index >= 15 is 0 Å². The highest BCUT2D eigenvalue weighted by Crippen LogP contribution is 2.26. The van der Waals surface area contributed by atoms with Gasteiger partial charge in [0, 0.05) is 18.5 Å². The standard InChI is InChI=1S/C12H12BrNO6S/c1-7(5-8-3-2-4-19-8)14-21(17,18)10-6-9(12(15)16)20-11(10)13/h2-4,6-7,14H,5H2,1H3,(H,15,16). The van der Waals surface area contributed by atoms with Crippen molar-refractivity contribution in [1.29, 1.82) is 0 Å². The minimum Gasteiger partial charge on any atom is -0.475 e. The van der Waals surface area contributed by atoms with Crippen molar-refractivity contribution in [3.63, 3.8) is 0 Å². The van der Waals surface area contributed by atoms with E-state index in [1.54, 1.807) is 19.1 Å². The van der Waals surface area contributed by atoms with Crippen LogP contribution in [0.5, 0.6) is 0 Å². The summed E-state index contributed by atoms with van der Waals surface area (Å²) in [6.07, 6.45) is 1.87. The molecule has 2 aromatic rings. The molecule has 0 amide bonds. The topological polar surface area (TPSA) is 110 Å². The first-order chi connectivity index (χ1) is 9.79. The number of furan rings is 2. The number of hydrogen-bond acceptors (Lipinski definition) is 5. The zero-order valence-electron chi connectivity index (χ0n) is 10.9. The fraction of sp³-hybridized carbons (Fsp3) is 0.250. The van der Waals surface area contributed by atoms with Crippen molar-refractivity contribution in [3.8, 4) is 0 Å². The second-order valence-corrected chi connectivity index (χ2v) is 6.76. The molecule has 2 heterocycles. The van der Waals surface area contributed by atoms with E-state index < -0.39 is 27.8 Å². The van der Waals surface area contributed by atoms with E-state index in [1.165, 1.54) is 6.26 Å². The SMILES string of the molecule is CC(Cc1ccco1)NS(=O)(=O)c1cc(C(=O)O)oc1Br. The van der Waals surface area contributed by atoms with E-state index in [0.717, 1.165) is 6.07 Å². The third-order valence-electron chi connectivity index (χ3n) is 2.60. The van der Waals surface area contributed by atoms with Crippen molar-refractivity contribution in [1.82, 2.24) is 4.72 Å². The van der Waals surface area contributed by atoms with Crippen molar-refractivity contribution in [3.05, 3.63) is 40.7 Å². The number of carboxylic acids is 1. The fourth-order valence-electron chi connectivity index (χ4n) is 1.74. The molecule has 1 unspecified atom stereocenters. The molecule has 1 atom stereocenters. The van der Waals surface area contributed by atoms with Crippen LogP contribution in [0.15, 0.2) is 42.9 Å². The Hall–Kier alpha value is -1.58. The van der Waals surface area contributed by atoms with Crippen LogP contribution < -0.4 is 4.72 Å². The number of halogens is 1. The van der Waals surface area contributed by atoms with Crippen LogP contribution in [-0.2, 0) is 16.4 Å². The molecule has 114 valence electrons. The van der Waals surface area contributed by atoms with Crippen molar-refractivity contribution >= 4 is 31.9 Å². The minimum atomic E-state index is -3.90. The lowest BCUT2D eigenvalue weighted by Gasteiger charge is -2.12. The highest BCUT2D eigenvalue weighted by Gasteiger charge is 2.26. The molecule has 0 bridgehead atoms. The molecular formula is C12H12BrNO6S. The van der Waals surface area contributed by atoms with Gasteiger partial charge in [0.2, 0.25) is 15.8 Å². The Morgan fingerprint density at radius 3 is 2.76 bits per heavy atom. The molecule has 7 nitrogen and oxygen atoms in total. The molecular weight excluding hydrogens is 366 g/mol. The Bertz CT molecular complexity index is 734. The van der Waals surface area contributed by atoms with E-state index in [4.69, 9.17) is 13.9 Å². The second kappa shape index (κ2) is 6.04. The van der Waals surface area contributed by atoms with Crippen LogP contribution in [0.2, 0.25) is 0 Å². The Morgan fingerprint density at radius 1 is 1.52 bits per heavy atom. The summed E-state index contributed by atoms with van der Waals surface area (Å²) in [7, 11) is -3.90. The number of rotatable bonds is 6. The molecule has 0 radical (unpaired) electrons. The van der Waals surface area contributed by atoms with E-state index in [1.807, 2.05) is 0 Å². The van der Waals surface area contributed by atoms with Crippen molar-refractivity contribution < 1.29 is 27.2 Å². The zero-order chi connectivity index (χ0) is 15.6. The lowest BCUT2D eigenvalue weighted by atomic mass is 10.2. The Labute approximate surface area is 129 Å². The van der Waals surface area contributed by atoms with Crippen LogP contribution in [0.4, 0.5) is 0 Å². The number of hydrogen-bond donors (Lipinski definition) is 2. The molecule has 2 aromatic heterocycles. The van der Waals surface area contributed by atoms with Gasteiger partial charge in [-0.25, -0.2) is 17.9 Å². The van der Waals surface area contributed by atoms with Gasteiger partial charge < -0.3 is 13.9 Å². The summed E-state index contributed by atoms with van der Waals surface area (Å²) in [5.41, 5.74) is 0. The monoisotopic (exact) mass is 377 g/mol. The van der Waals surface area contributed by atoms with Crippen LogP contribution in [-0.4, -0.2) is 25.5 Å². The third-order valence-corrected chi connectivity index (χ3v) is 5.05. The number of nitrogens with one attached hydrogen (secondary N) is 1. The molecule has 0 aromatic carbocycles. The fourth-order valence-corrected chi connectivity index (χ4v) is 3.92. The molecule has 0 saturated heterocycles. The Balaban J connectivity index is 2.16. The smallest absolute Gasteiger partial charge is 0.371 e. The molecule has 0 spiro atoms. The first-order valence-electron chi connectivity index (χ1n) is 5.87. The number of carbonyl (C=O) groups is 1. The van der Waals surface area contributed by atoms with Crippen molar-refractivity contribution in [2.75, 3.05) is 0 Å². The summed E-state index contributed by atoms with van der Waals surface area (Å²) in [4.78, 5) is 10.5. The van der Waals surface area contributed by atoms with E-state index in [2.05, 4.69) is 20.7 Å². The summed E-state index contributed by atoms with van der Waals surface area (Å²) in [5.74, 6) is -1.16. The third kappa shape index (κ3) is 3.74. The van der Waals surface area contributed by atoms with Crippen LogP contribution in [0.25, 0.3) is 0 Å². The largest absolute Gasteiger partial charge is 0.475 e. The van der Waals surface area contributed by atoms with Crippen LogP contribution in [0, 0.1) is 0 Å². The molecule has 0 aliphatic carbocycles. The molecule has 0 aliphatic rings. The van der Waals surface area contributed by atoms with Gasteiger partial charge in [0.05, 0.1) is 6.26 Å². The van der Waals surface area contributed by atoms with Gasteiger partial charge in [0.1, 0.15) is 10.7 Å². The summed E-state index contributed by atoms with van der Waals surface area (Å²) in [6, 6.07) is 3.97. The number of carboxylic acid groups (broad SMARTS) is 1. The zero-order valence-corrected chi connectivity index (χ0v) is 13.3. The summed E-state index contributed by atoms with van der Waals surface area (Å²) >= 11 is 2.90. The van der Waals surface area contributed by atoms with Gasteiger partial charge in [-0.05, 0) is 35.0 Å². The number of aromatic carboxylic acids is 1. The summed E-state index contributed by atoms with van der Waals surface area (Å²) in [5, 5.41) is 8.80. The van der Waals surface area contributed by atoms with Crippen molar-refractivity contribution in [2.45, 2.75) is 24.3 Å². The van der Waals surface area contributed by atoms with Crippen LogP contribution in [0.3, 0.4) is 0 Å². The van der Waals surface area contributed by atoms with Crippen LogP contribution in [0.1, 0.15) is 23.2 Å². The predicted molar refractivity (Wildman–Crippen MR) is 75.6 cm³/mol. The molecule has 9 heteroatoms. The average molecular weight is 378 g/mol. The summed E-state index contributed by atoms with van der Waals surface area (Å²) in [6.45, 7) is 1.67. The first-order valence-corrected chi connectivity index (χ1v) is 8.14. The molecule has 0 saturated carbocycles. The maximum Gasteiger partial charge on any atom is 0.371 e. The van der Waals surface area contributed by atoms with E-state index in [-0.39, 0.29) is 9.56 Å². The van der Waals surface area contributed by atoms with Crippen molar-refractivity contribution in [2.24, 2.45) is 0 Å². The first kappa shape index (κ1) is 15.8. The molecule has 0 aliphatic heterocycles. The minimum absolute atomic E-state index is 0.155. The normalized spacial score (nSPS) is 13.2. The van der Waals surface area contributed by atoms with Gasteiger partial charge in [-0.15, -0.1) is 0 Å². The Morgan fingerprint density at radius 2 is 2.24 bits per heavy atom. The maximum atomic E-state index is 12.2. The highest BCUT2D eigenvalue weighted by atomic mass is 79.9. The molecule has 2 N–H and O–H groups in total. The van der Waals surface area contributed by atoms with Gasteiger partial charge in [0.25, 0.3) is 0 Å². The highest BCUT2D eigenvalue weighted by molar-refractivity contribution is 9.10. The van der Waals surface area contributed by atoms with E-state index in [9.17, 15) is 13.2 Å². The van der Waals surface area contributed by atoms with E-state index in [0.29, 0.717) is 12.2 Å². The Kier molecular flexibility index (Phi) is 4.55. The van der Waals surface area contributed by atoms with Gasteiger partial charge in [-0.1, -0.05) is 0 Å². The maximum absolute atomic E-state index is 12.2.